The number of benzene rings is 2. The van der Waals surface area contributed by atoms with E-state index in [0.29, 0.717) is 18.7 Å². The summed E-state index contributed by atoms with van der Waals surface area (Å²) < 4.78 is 5.82. The van der Waals surface area contributed by atoms with Gasteiger partial charge in [0.1, 0.15) is 0 Å². The summed E-state index contributed by atoms with van der Waals surface area (Å²) in [6.07, 6.45) is 2.53. The highest BCUT2D eigenvalue weighted by Gasteiger charge is 2.10. The molecule has 2 aromatic carbocycles. The Hall–Kier alpha value is -2.72. The fraction of sp³-hybridized carbons (Fsp3) is 0.238. The molecule has 0 aliphatic rings. The molecule has 4 nitrogen and oxygen atoms in total. The molecule has 0 aliphatic heterocycles. The highest BCUT2D eigenvalue weighted by molar-refractivity contribution is 6.05. The van der Waals surface area contributed by atoms with Crippen LogP contribution >= 0.6 is 0 Å². The van der Waals surface area contributed by atoms with Crippen LogP contribution in [0.15, 0.2) is 66.9 Å². The van der Waals surface area contributed by atoms with E-state index in [1.165, 1.54) is 0 Å². The monoisotopic (exact) mass is 334 g/mol. The first-order valence-electron chi connectivity index (χ1n) is 8.54. The Morgan fingerprint density at radius 2 is 1.88 bits per heavy atom. The summed E-state index contributed by atoms with van der Waals surface area (Å²) in [5.41, 5.74) is 2.50. The third-order valence-corrected chi connectivity index (χ3v) is 4.12. The molecule has 0 saturated heterocycles. The van der Waals surface area contributed by atoms with E-state index in [1.54, 1.807) is 12.3 Å². The van der Waals surface area contributed by atoms with Gasteiger partial charge < -0.3 is 10.1 Å². The number of ether oxygens (including phenoxy) is 1. The summed E-state index contributed by atoms with van der Waals surface area (Å²) in [5.74, 6) is -0.0968. The van der Waals surface area contributed by atoms with Gasteiger partial charge in [-0.1, -0.05) is 48.5 Å². The molecule has 3 aromatic rings. The quantitative estimate of drug-likeness (QED) is 0.661. The van der Waals surface area contributed by atoms with Gasteiger partial charge >= 0.3 is 0 Å². The maximum Gasteiger partial charge on any atom is 0.253 e. The van der Waals surface area contributed by atoms with Crippen molar-refractivity contribution in [1.29, 1.82) is 0 Å². The van der Waals surface area contributed by atoms with Crippen molar-refractivity contribution in [2.24, 2.45) is 0 Å². The summed E-state index contributed by atoms with van der Waals surface area (Å²) in [5, 5.41) is 3.91. The number of pyridine rings is 1. The van der Waals surface area contributed by atoms with Crippen molar-refractivity contribution in [1.82, 2.24) is 10.3 Å². The SMILES string of the molecule is CC(OCCCNC(=O)c1cccc2cccnc12)c1ccccc1. The van der Waals surface area contributed by atoms with Crippen molar-refractivity contribution in [2.75, 3.05) is 13.2 Å². The van der Waals surface area contributed by atoms with Crippen LogP contribution in [-0.4, -0.2) is 24.0 Å². The molecule has 0 fully saturated rings. The van der Waals surface area contributed by atoms with E-state index in [2.05, 4.69) is 22.4 Å². The number of carbonyl (C=O) groups excluding carboxylic acids is 1. The zero-order valence-electron chi connectivity index (χ0n) is 14.3. The highest BCUT2D eigenvalue weighted by Crippen LogP contribution is 2.17. The molecule has 1 heterocycles. The number of nitrogens with zero attached hydrogens (tertiary/aromatic N) is 1. The number of nitrogens with one attached hydrogen (secondary N) is 1. The van der Waals surface area contributed by atoms with Crippen molar-refractivity contribution in [3.05, 3.63) is 78.0 Å². The molecule has 128 valence electrons. The molecule has 0 saturated carbocycles. The summed E-state index contributed by atoms with van der Waals surface area (Å²) in [6, 6.07) is 19.6. The molecule has 0 aliphatic carbocycles. The van der Waals surface area contributed by atoms with Gasteiger partial charge in [0, 0.05) is 24.7 Å². The lowest BCUT2D eigenvalue weighted by Gasteiger charge is -2.13. The normalized spacial score (nSPS) is 12.0. The van der Waals surface area contributed by atoms with E-state index in [9.17, 15) is 4.79 Å². The van der Waals surface area contributed by atoms with Crippen LogP contribution in [0.4, 0.5) is 0 Å². The number of rotatable bonds is 7. The molecule has 1 atom stereocenters. The van der Waals surface area contributed by atoms with Crippen molar-refractivity contribution in [2.45, 2.75) is 19.4 Å². The van der Waals surface area contributed by atoms with Crippen LogP contribution in [0.1, 0.15) is 35.4 Å². The third-order valence-electron chi connectivity index (χ3n) is 4.12. The number of para-hydroxylation sites is 1. The lowest BCUT2D eigenvalue weighted by atomic mass is 10.1. The molecule has 3 rings (SSSR count). The van der Waals surface area contributed by atoms with Gasteiger partial charge in [-0.15, -0.1) is 0 Å². The molecular weight excluding hydrogens is 312 g/mol. The standard InChI is InChI=1S/C21H22N2O2/c1-16(17-8-3-2-4-9-17)25-15-7-14-23-21(24)19-12-5-10-18-11-6-13-22-20(18)19/h2-6,8-13,16H,7,14-15H2,1H3,(H,23,24). The van der Waals surface area contributed by atoms with Gasteiger partial charge in [0.05, 0.1) is 17.2 Å². The van der Waals surface area contributed by atoms with E-state index in [-0.39, 0.29) is 12.0 Å². The molecule has 0 bridgehead atoms. The predicted molar refractivity (Wildman–Crippen MR) is 99.5 cm³/mol. The first-order chi connectivity index (χ1) is 12.3. The van der Waals surface area contributed by atoms with Crippen LogP contribution in [0.3, 0.4) is 0 Å². The van der Waals surface area contributed by atoms with Crippen LogP contribution in [-0.2, 0) is 4.74 Å². The Kier molecular flexibility index (Phi) is 5.75. The number of aromatic nitrogens is 1. The van der Waals surface area contributed by atoms with E-state index >= 15 is 0 Å². The van der Waals surface area contributed by atoms with E-state index < -0.39 is 0 Å². The Morgan fingerprint density at radius 3 is 2.72 bits per heavy atom. The minimum Gasteiger partial charge on any atom is -0.374 e. The number of amides is 1. The Morgan fingerprint density at radius 1 is 1.08 bits per heavy atom. The maximum atomic E-state index is 12.4. The molecule has 1 amide bonds. The van der Waals surface area contributed by atoms with E-state index in [0.717, 1.165) is 22.9 Å². The Labute approximate surface area is 147 Å². The summed E-state index contributed by atoms with van der Waals surface area (Å²) in [4.78, 5) is 16.7. The molecule has 0 radical (unpaired) electrons. The summed E-state index contributed by atoms with van der Waals surface area (Å²) in [7, 11) is 0. The van der Waals surface area contributed by atoms with Crippen molar-refractivity contribution < 1.29 is 9.53 Å². The average Bonchev–Trinajstić information content (AvgIpc) is 2.67. The predicted octanol–water partition coefficient (Wildman–Crippen LogP) is 4.13. The Bertz CT molecular complexity index is 828. The van der Waals surface area contributed by atoms with Crippen molar-refractivity contribution in [3.8, 4) is 0 Å². The fourth-order valence-corrected chi connectivity index (χ4v) is 2.74. The minimum absolute atomic E-state index is 0.0548. The molecule has 4 heteroatoms. The van der Waals surface area contributed by atoms with Gasteiger partial charge in [0.2, 0.25) is 0 Å². The lowest BCUT2D eigenvalue weighted by Crippen LogP contribution is -2.25. The number of hydrogen-bond acceptors (Lipinski definition) is 3. The van der Waals surface area contributed by atoms with Crippen molar-refractivity contribution in [3.63, 3.8) is 0 Å². The highest BCUT2D eigenvalue weighted by atomic mass is 16.5. The van der Waals surface area contributed by atoms with Crippen LogP contribution in [0.2, 0.25) is 0 Å². The topological polar surface area (TPSA) is 51.2 Å². The van der Waals surface area contributed by atoms with E-state index in [4.69, 9.17) is 4.74 Å². The van der Waals surface area contributed by atoms with Crippen molar-refractivity contribution >= 4 is 16.8 Å². The molecule has 1 unspecified atom stereocenters. The van der Waals surface area contributed by atoms with Gasteiger partial charge in [-0.05, 0) is 31.0 Å². The van der Waals surface area contributed by atoms with Gasteiger partial charge in [-0.25, -0.2) is 0 Å². The van der Waals surface area contributed by atoms with Crippen LogP contribution in [0, 0.1) is 0 Å². The van der Waals surface area contributed by atoms with Gasteiger partial charge in [-0.3, -0.25) is 9.78 Å². The number of hydrogen-bond donors (Lipinski definition) is 1. The van der Waals surface area contributed by atoms with E-state index in [1.807, 2.05) is 49.4 Å². The summed E-state index contributed by atoms with van der Waals surface area (Å²) >= 11 is 0. The average molecular weight is 334 g/mol. The maximum absolute atomic E-state index is 12.4. The molecule has 1 N–H and O–H groups in total. The third kappa shape index (κ3) is 4.43. The zero-order chi connectivity index (χ0) is 17.5. The molecule has 1 aromatic heterocycles. The Balaban J connectivity index is 1.47. The van der Waals surface area contributed by atoms with Crippen LogP contribution in [0.25, 0.3) is 10.9 Å². The zero-order valence-corrected chi connectivity index (χ0v) is 14.3. The first-order valence-corrected chi connectivity index (χ1v) is 8.54. The fourth-order valence-electron chi connectivity index (χ4n) is 2.74. The number of fused-ring (bicyclic) bond motifs is 1. The number of carbonyl (C=O) groups is 1. The van der Waals surface area contributed by atoms with Crippen LogP contribution < -0.4 is 5.32 Å². The van der Waals surface area contributed by atoms with Gasteiger partial charge in [0.15, 0.2) is 0 Å². The molecule has 0 spiro atoms. The second-order valence-electron chi connectivity index (χ2n) is 5.91. The molecule has 25 heavy (non-hydrogen) atoms. The smallest absolute Gasteiger partial charge is 0.253 e. The summed E-state index contributed by atoms with van der Waals surface area (Å²) in [6.45, 7) is 3.21. The molecular formula is C21H22N2O2. The minimum atomic E-state index is -0.0968. The first kappa shape index (κ1) is 17.1. The van der Waals surface area contributed by atoms with Gasteiger partial charge in [-0.2, -0.15) is 0 Å². The lowest BCUT2D eigenvalue weighted by molar-refractivity contribution is 0.0635. The second-order valence-corrected chi connectivity index (χ2v) is 5.91. The second kappa shape index (κ2) is 8.40. The van der Waals surface area contributed by atoms with Crippen LogP contribution in [0.5, 0.6) is 0 Å². The van der Waals surface area contributed by atoms with Gasteiger partial charge in [0.25, 0.3) is 5.91 Å². The largest absolute Gasteiger partial charge is 0.374 e.